The molecule has 1 unspecified atom stereocenters. The summed E-state index contributed by atoms with van der Waals surface area (Å²) in [6, 6.07) is 10.9. The summed E-state index contributed by atoms with van der Waals surface area (Å²) in [5.41, 5.74) is 2.10. The number of carbonyl (C=O) groups excluding carboxylic acids is 2. The minimum atomic E-state index is -0.988. The van der Waals surface area contributed by atoms with Crippen molar-refractivity contribution in [2.75, 3.05) is 19.0 Å². The molecule has 29 heavy (non-hydrogen) atoms. The van der Waals surface area contributed by atoms with E-state index in [-0.39, 0.29) is 11.8 Å². The van der Waals surface area contributed by atoms with Crippen molar-refractivity contribution in [2.45, 2.75) is 32.2 Å². The van der Waals surface area contributed by atoms with Crippen molar-refractivity contribution in [3.05, 3.63) is 59.2 Å². The predicted molar refractivity (Wildman–Crippen MR) is 108 cm³/mol. The molecule has 0 radical (unpaired) electrons. The Bertz CT molecular complexity index is 941. The quantitative estimate of drug-likeness (QED) is 0.808. The number of ether oxygens (including phenoxy) is 1. The number of methoxy groups -OCH3 is 1. The number of nitrogens with zero attached hydrogens (tertiary/aromatic N) is 1. The van der Waals surface area contributed by atoms with E-state index in [1.807, 2.05) is 6.92 Å². The van der Waals surface area contributed by atoms with Crippen LogP contribution in [0.1, 0.15) is 45.5 Å². The first-order valence-electron chi connectivity index (χ1n) is 9.50. The first kappa shape index (κ1) is 20.4. The van der Waals surface area contributed by atoms with Gasteiger partial charge in [-0.25, -0.2) is 4.79 Å². The molecule has 0 saturated carbocycles. The van der Waals surface area contributed by atoms with Gasteiger partial charge in [-0.3, -0.25) is 9.59 Å². The van der Waals surface area contributed by atoms with Gasteiger partial charge in [0.2, 0.25) is 0 Å². The monoisotopic (exact) mass is 396 g/mol. The van der Waals surface area contributed by atoms with Gasteiger partial charge in [-0.2, -0.15) is 0 Å². The fourth-order valence-electron chi connectivity index (χ4n) is 3.54. The van der Waals surface area contributed by atoms with Crippen LogP contribution in [0.25, 0.3) is 0 Å². The molecule has 0 aliphatic carbocycles. The maximum Gasteiger partial charge on any atom is 0.326 e. The van der Waals surface area contributed by atoms with Gasteiger partial charge in [0.1, 0.15) is 11.8 Å². The van der Waals surface area contributed by atoms with E-state index in [0.717, 1.165) is 18.4 Å². The van der Waals surface area contributed by atoms with Gasteiger partial charge >= 0.3 is 5.97 Å². The number of aliphatic carboxylic acids is 1. The van der Waals surface area contributed by atoms with Gasteiger partial charge in [0, 0.05) is 23.4 Å². The van der Waals surface area contributed by atoms with Crippen LogP contribution in [0.5, 0.6) is 5.75 Å². The number of anilines is 1. The van der Waals surface area contributed by atoms with E-state index < -0.39 is 12.0 Å². The van der Waals surface area contributed by atoms with Gasteiger partial charge in [-0.15, -0.1) is 0 Å². The Labute approximate surface area is 169 Å². The lowest BCUT2D eigenvalue weighted by Crippen LogP contribution is -2.48. The van der Waals surface area contributed by atoms with Gasteiger partial charge in [-0.05, 0) is 68.1 Å². The van der Waals surface area contributed by atoms with Crippen LogP contribution >= 0.6 is 0 Å². The zero-order chi connectivity index (χ0) is 21.0. The van der Waals surface area contributed by atoms with E-state index in [4.69, 9.17) is 4.74 Å². The zero-order valence-electron chi connectivity index (χ0n) is 16.5. The molecule has 7 heteroatoms. The molecule has 2 aromatic carbocycles. The molecule has 2 amide bonds. The summed E-state index contributed by atoms with van der Waals surface area (Å²) in [5.74, 6) is -0.955. The van der Waals surface area contributed by atoms with Gasteiger partial charge in [0.05, 0.1) is 7.11 Å². The van der Waals surface area contributed by atoms with Crippen molar-refractivity contribution >= 4 is 23.5 Å². The smallest absolute Gasteiger partial charge is 0.326 e. The predicted octanol–water partition coefficient (Wildman–Crippen LogP) is 3.34. The Morgan fingerprint density at radius 3 is 2.62 bits per heavy atom. The van der Waals surface area contributed by atoms with Crippen molar-refractivity contribution < 1.29 is 24.2 Å². The average Bonchev–Trinajstić information content (AvgIpc) is 2.73. The van der Waals surface area contributed by atoms with Crippen LogP contribution in [-0.2, 0) is 4.79 Å². The first-order chi connectivity index (χ1) is 13.9. The largest absolute Gasteiger partial charge is 0.497 e. The number of hydrogen-bond acceptors (Lipinski definition) is 4. The van der Waals surface area contributed by atoms with Crippen molar-refractivity contribution in [3.8, 4) is 5.75 Å². The van der Waals surface area contributed by atoms with Crippen LogP contribution in [0, 0.1) is 6.92 Å². The molecule has 2 N–H and O–H groups in total. The van der Waals surface area contributed by atoms with Gasteiger partial charge < -0.3 is 20.1 Å². The Hall–Kier alpha value is -3.35. The van der Waals surface area contributed by atoms with Crippen molar-refractivity contribution in [1.29, 1.82) is 0 Å². The molecule has 1 saturated heterocycles. The highest BCUT2D eigenvalue weighted by Gasteiger charge is 2.32. The number of rotatable bonds is 5. The number of likely N-dealkylation sites (tertiary alicyclic amines) is 1. The maximum absolute atomic E-state index is 12.9. The Morgan fingerprint density at radius 1 is 1.14 bits per heavy atom. The summed E-state index contributed by atoms with van der Waals surface area (Å²) in [7, 11) is 1.56. The van der Waals surface area contributed by atoms with Crippen LogP contribution in [0.2, 0.25) is 0 Å². The molecule has 0 bridgehead atoms. The van der Waals surface area contributed by atoms with E-state index in [1.54, 1.807) is 49.6 Å². The number of piperidine rings is 1. The van der Waals surface area contributed by atoms with Crippen LogP contribution in [0.15, 0.2) is 42.5 Å². The van der Waals surface area contributed by atoms with Crippen molar-refractivity contribution in [1.82, 2.24) is 4.90 Å². The van der Waals surface area contributed by atoms with Crippen LogP contribution in [0.4, 0.5) is 5.69 Å². The normalized spacial score (nSPS) is 16.2. The zero-order valence-corrected chi connectivity index (χ0v) is 16.5. The standard InChI is InChI=1S/C22H24N2O5/c1-14-12-17(29-2)9-10-18(14)20(25)23-16-7-5-6-15(13-16)21(26)24-11-4-3-8-19(24)22(27)28/h5-7,9-10,12-13,19H,3-4,8,11H2,1-2H3,(H,23,25)(H,27,28). The highest BCUT2D eigenvalue weighted by atomic mass is 16.5. The number of carboxylic acid groups (broad SMARTS) is 1. The SMILES string of the molecule is COc1ccc(C(=O)Nc2cccc(C(=O)N3CCCCC3C(=O)O)c2)c(C)c1. The highest BCUT2D eigenvalue weighted by Crippen LogP contribution is 2.22. The molecule has 0 spiro atoms. The van der Waals surface area contributed by atoms with Gasteiger partial charge in [0.25, 0.3) is 11.8 Å². The van der Waals surface area contributed by atoms with E-state index in [9.17, 15) is 19.5 Å². The molecule has 1 fully saturated rings. The minimum absolute atomic E-state index is 0.295. The number of carboxylic acids is 1. The second-order valence-electron chi connectivity index (χ2n) is 7.06. The summed E-state index contributed by atoms with van der Waals surface area (Å²) in [4.78, 5) is 38.4. The van der Waals surface area contributed by atoms with Gasteiger partial charge in [-0.1, -0.05) is 6.07 Å². The second kappa shape index (κ2) is 8.77. The average molecular weight is 396 g/mol. The molecule has 7 nitrogen and oxygen atoms in total. The van der Waals surface area contributed by atoms with Gasteiger partial charge in [0.15, 0.2) is 0 Å². The number of hydrogen-bond donors (Lipinski definition) is 2. The lowest BCUT2D eigenvalue weighted by Gasteiger charge is -2.33. The third-order valence-electron chi connectivity index (χ3n) is 5.09. The molecular weight excluding hydrogens is 372 g/mol. The van der Waals surface area contributed by atoms with Crippen molar-refractivity contribution in [3.63, 3.8) is 0 Å². The molecule has 0 aromatic heterocycles. The summed E-state index contributed by atoms with van der Waals surface area (Å²) >= 11 is 0. The van der Waals surface area contributed by atoms with Crippen molar-refractivity contribution in [2.24, 2.45) is 0 Å². The second-order valence-corrected chi connectivity index (χ2v) is 7.06. The van der Waals surface area contributed by atoms with Crippen LogP contribution < -0.4 is 10.1 Å². The molecule has 3 rings (SSSR count). The summed E-state index contributed by atoms with van der Waals surface area (Å²) in [6.07, 6.45) is 2.02. The fourth-order valence-corrected chi connectivity index (χ4v) is 3.54. The molecule has 2 aromatic rings. The van der Waals surface area contributed by atoms with E-state index in [1.165, 1.54) is 4.90 Å². The summed E-state index contributed by atoms with van der Waals surface area (Å²) < 4.78 is 5.16. The third kappa shape index (κ3) is 4.56. The molecule has 1 aliphatic heterocycles. The molecule has 1 heterocycles. The Morgan fingerprint density at radius 2 is 1.93 bits per heavy atom. The number of aryl methyl sites for hydroxylation is 1. The lowest BCUT2D eigenvalue weighted by molar-refractivity contribution is -0.143. The lowest BCUT2D eigenvalue weighted by atomic mass is 10.0. The molecule has 152 valence electrons. The third-order valence-corrected chi connectivity index (χ3v) is 5.09. The Kier molecular flexibility index (Phi) is 6.16. The summed E-state index contributed by atoms with van der Waals surface area (Å²) in [6.45, 7) is 2.23. The summed E-state index contributed by atoms with van der Waals surface area (Å²) in [5, 5.41) is 12.2. The van der Waals surface area contributed by atoms with E-state index in [2.05, 4.69) is 5.32 Å². The van der Waals surface area contributed by atoms with Crippen LogP contribution in [-0.4, -0.2) is 47.5 Å². The number of amides is 2. The number of nitrogens with one attached hydrogen (secondary N) is 1. The van der Waals surface area contributed by atoms with E-state index >= 15 is 0 Å². The maximum atomic E-state index is 12.9. The molecular formula is C22H24N2O5. The Balaban J connectivity index is 1.78. The fraction of sp³-hybridized carbons (Fsp3) is 0.318. The molecule has 1 aliphatic rings. The van der Waals surface area contributed by atoms with Crippen LogP contribution in [0.3, 0.4) is 0 Å². The molecule has 1 atom stereocenters. The first-order valence-corrected chi connectivity index (χ1v) is 9.50. The van der Waals surface area contributed by atoms with E-state index in [0.29, 0.717) is 35.5 Å². The highest BCUT2D eigenvalue weighted by molar-refractivity contribution is 6.06. The number of benzene rings is 2. The topological polar surface area (TPSA) is 95.9 Å². The number of carbonyl (C=O) groups is 3. The minimum Gasteiger partial charge on any atom is -0.497 e.